The number of carbonyl (C=O) groups excluding carboxylic acids is 2. The second kappa shape index (κ2) is 32.9. The third-order valence-electron chi connectivity index (χ3n) is 5.09. The Hall–Kier alpha value is -2.52. The van der Waals surface area contributed by atoms with Gasteiger partial charge in [-0.3, -0.25) is 4.79 Å². The number of nitrogens with zero attached hydrogens (tertiary/aromatic N) is 1. The van der Waals surface area contributed by atoms with E-state index in [1.165, 1.54) is 7.11 Å². The standard InChI is InChI=1S/C27H49NO17/c1-35-27(34)23-45-19-15-41-11-10-40-12-16-42-20-24(29)28(2-4-36-6-8-38-13-17-43-21-25(30)31)3-5-37-7-9-39-14-18-44-22-26(32)33/h2-23H2,1H3,(H,30,31)(H,32,33). The lowest BCUT2D eigenvalue weighted by Gasteiger charge is -2.23. The fourth-order valence-electron chi connectivity index (χ4n) is 2.93. The highest BCUT2D eigenvalue weighted by molar-refractivity contribution is 5.77. The zero-order chi connectivity index (χ0) is 33.2. The number of carbonyl (C=O) groups is 4. The first kappa shape index (κ1) is 42.5. The number of rotatable bonds is 35. The molecule has 0 aromatic rings. The summed E-state index contributed by atoms with van der Waals surface area (Å²) in [6, 6.07) is 0. The molecule has 0 saturated carbocycles. The summed E-state index contributed by atoms with van der Waals surface area (Å²) < 4.78 is 57.1. The molecule has 264 valence electrons. The van der Waals surface area contributed by atoms with Gasteiger partial charge in [-0.15, -0.1) is 0 Å². The number of methoxy groups -OCH3 is 1. The molecule has 1 amide bonds. The van der Waals surface area contributed by atoms with Crippen LogP contribution in [-0.2, 0) is 71.3 Å². The molecule has 0 rings (SSSR count). The molecule has 18 heteroatoms. The third-order valence-corrected chi connectivity index (χ3v) is 5.09. The lowest BCUT2D eigenvalue weighted by Crippen LogP contribution is -2.39. The van der Waals surface area contributed by atoms with Gasteiger partial charge >= 0.3 is 17.9 Å². The van der Waals surface area contributed by atoms with Crippen LogP contribution in [0, 0.1) is 0 Å². The minimum Gasteiger partial charge on any atom is -0.480 e. The van der Waals surface area contributed by atoms with E-state index in [2.05, 4.69) is 4.74 Å². The molecule has 0 radical (unpaired) electrons. The van der Waals surface area contributed by atoms with Gasteiger partial charge < -0.3 is 67.2 Å². The van der Waals surface area contributed by atoms with Gasteiger partial charge in [0, 0.05) is 13.1 Å². The van der Waals surface area contributed by atoms with Gasteiger partial charge in [0.15, 0.2) is 0 Å². The van der Waals surface area contributed by atoms with Gasteiger partial charge in [-0.25, -0.2) is 14.4 Å². The first-order valence-corrected chi connectivity index (χ1v) is 14.4. The summed E-state index contributed by atoms with van der Waals surface area (Å²) in [6.07, 6.45) is 0. The number of amides is 1. The van der Waals surface area contributed by atoms with Gasteiger partial charge in [-0.2, -0.15) is 0 Å². The Morgan fingerprint density at radius 2 is 0.711 bits per heavy atom. The molecule has 0 aliphatic carbocycles. The normalized spacial score (nSPS) is 11.0. The lowest BCUT2D eigenvalue weighted by molar-refractivity contribution is -0.146. The summed E-state index contributed by atoms with van der Waals surface area (Å²) in [7, 11) is 1.28. The molecule has 0 atom stereocenters. The fraction of sp³-hybridized carbons (Fsp3) is 0.852. The summed E-state index contributed by atoms with van der Waals surface area (Å²) >= 11 is 0. The molecule has 18 nitrogen and oxygen atoms in total. The summed E-state index contributed by atoms with van der Waals surface area (Å²) in [5, 5.41) is 17.0. The van der Waals surface area contributed by atoms with Gasteiger partial charge in [0.05, 0.1) is 113 Å². The van der Waals surface area contributed by atoms with E-state index in [0.29, 0.717) is 32.9 Å². The zero-order valence-electron chi connectivity index (χ0n) is 26.0. The van der Waals surface area contributed by atoms with Crippen molar-refractivity contribution in [3.63, 3.8) is 0 Å². The Morgan fingerprint density at radius 1 is 0.422 bits per heavy atom. The topological polar surface area (TPSA) is 214 Å². The van der Waals surface area contributed by atoms with Crippen molar-refractivity contribution in [1.29, 1.82) is 0 Å². The predicted octanol–water partition coefficient (Wildman–Crippen LogP) is -1.68. The van der Waals surface area contributed by atoms with E-state index >= 15 is 0 Å². The molecule has 0 saturated heterocycles. The fourth-order valence-corrected chi connectivity index (χ4v) is 2.93. The van der Waals surface area contributed by atoms with Crippen molar-refractivity contribution < 1.29 is 81.5 Å². The summed E-state index contributed by atoms with van der Waals surface area (Å²) in [6.45, 7) is 3.66. The number of esters is 1. The predicted molar refractivity (Wildman–Crippen MR) is 152 cm³/mol. The number of carboxylic acids is 2. The quantitative estimate of drug-likeness (QED) is 0.0574. The van der Waals surface area contributed by atoms with E-state index in [-0.39, 0.29) is 118 Å². The summed E-state index contributed by atoms with van der Waals surface area (Å²) in [4.78, 5) is 46.0. The average molecular weight is 660 g/mol. The van der Waals surface area contributed by atoms with Crippen molar-refractivity contribution in [3.05, 3.63) is 0 Å². The van der Waals surface area contributed by atoms with E-state index in [0.717, 1.165) is 0 Å². The number of ether oxygens (including phenoxy) is 11. The second-order valence-electron chi connectivity index (χ2n) is 8.63. The molecule has 0 aromatic carbocycles. The molecule has 0 aliphatic rings. The van der Waals surface area contributed by atoms with Crippen LogP contribution in [0.1, 0.15) is 0 Å². The lowest BCUT2D eigenvalue weighted by atomic mass is 10.4. The van der Waals surface area contributed by atoms with Crippen LogP contribution in [0.3, 0.4) is 0 Å². The second-order valence-corrected chi connectivity index (χ2v) is 8.63. The minimum atomic E-state index is -1.05. The first-order chi connectivity index (χ1) is 21.9. The third kappa shape index (κ3) is 32.7. The largest absolute Gasteiger partial charge is 0.480 e. The molecule has 0 fully saturated rings. The van der Waals surface area contributed by atoms with Gasteiger partial charge in [0.25, 0.3) is 0 Å². The highest BCUT2D eigenvalue weighted by Crippen LogP contribution is 1.95. The smallest absolute Gasteiger partial charge is 0.331 e. The van der Waals surface area contributed by atoms with Crippen LogP contribution in [-0.4, -0.2) is 191 Å². The van der Waals surface area contributed by atoms with Crippen molar-refractivity contribution in [3.8, 4) is 0 Å². The monoisotopic (exact) mass is 659 g/mol. The van der Waals surface area contributed by atoms with Crippen molar-refractivity contribution in [2.75, 3.05) is 152 Å². The Bertz CT molecular complexity index is 708. The van der Waals surface area contributed by atoms with Crippen LogP contribution in [0.25, 0.3) is 0 Å². The average Bonchev–Trinajstić information content (AvgIpc) is 3.01. The summed E-state index contributed by atoms with van der Waals surface area (Å²) in [5.41, 5.74) is 0. The van der Waals surface area contributed by atoms with Gasteiger partial charge in [-0.1, -0.05) is 0 Å². The molecular weight excluding hydrogens is 610 g/mol. The number of aliphatic carboxylic acids is 2. The van der Waals surface area contributed by atoms with Gasteiger partial charge in [0.1, 0.15) is 26.4 Å². The maximum Gasteiger partial charge on any atom is 0.331 e. The van der Waals surface area contributed by atoms with Crippen LogP contribution in [0.15, 0.2) is 0 Å². The molecule has 0 unspecified atom stereocenters. The molecule has 0 aliphatic heterocycles. The Kier molecular flexibility index (Phi) is 31.0. The molecule has 0 aromatic heterocycles. The Morgan fingerprint density at radius 3 is 1.04 bits per heavy atom. The highest BCUT2D eigenvalue weighted by Gasteiger charge is 2.14. The number of hydrogen-bond acceptors (Lipinski definition) is 15. The van der Waals surface area contributed by atoms with Crippen LogP contribution in [0.2, 0.25) is 0 Å². The van der Waals surface area contributed by atoms with E-state index in [4.69, 9.17) is 57.6 Å². The van der Waals surface area contributed by atoms with Crippen molar-refractivity contribution in [2.24, 2.45) is 0 Å². The van der Waals surface area contributed by atoms with Crippen molar-refractivity contribution in [1.82, 2.24) is 4.90 Å². The molecule has 2 N–H and O–H groups in total. The molecule has 45 heavy (non-hydrogen) atoms. The number of hydrogen-bond donors (Lipinski definition) is 2. The van der Waals surface area contributed by atoms with E-state index in [9.17, 15) is 19.2 Å². The Labute approximate surface area is 262 Å². The molecule has 0 spiro atoms. The molecule has 0 bridgehead atoms. The first-order valence-electron chi connectivity index (χ1n) is 14.4. The van der Waals surface area contributed by atoms with E-state index in [1.807, 2.05) is 0 Å². The number of carboxylic acid groups (broad SMARTS) is 2. The van der Waals surface area contributed by atoms with Gasteiger partial charge in [0.2, 0.25) is 5.91 Å². The molecular formula is C27H49NO17. The van der Waals surface area contributed by atoms with E-state index in [1.54, 1.807) is 4.90 Å². The van der Waals surface area contributed by atoms with Gasteiger partial charge in [-0.05, 0) is 0 Å². The summed E-state index contributed by atoms with van der Waals surface area (Å²) in [5.74, 6) is -2.80. The zero-order valence-corrected chi connectivity index (χ0v) is 26.0. The van der Waals surface area contributed by atoms with Crippen molar-refractivity contribution >= 4 is 23.8 Å². The van der Waals surface area contributed by atoms with Crippen LogP contribution < -0.4 is 0 Å². The van der Waals surface area contributed by atoms with Crippen molar-refractivity contribution in [2.45, 2.75) is 0 Å². The highest BCUT2D eigenvalue weighted by atomic mass is 16.6. The molecule has 0 heterocycles. The van der Waals surface area contributed by atoms with Crippen LogP contribution in [0.5, 0.6) is 0 Å². The maximum atomic E-state index is 12.7. The van der Waals surface area contributed by atoms with Crippen LogP contribution in [0.4, 0.5) is 0 Å². The minimum absolute atomic E-state index is 0.127. The SMILES string of the molecule is COC(=O)COCCOCCOCCOCC(=O)N(CCOCCOCCOCC(=O)O)CCOCCOCCOCC(=O)O. The Balaban J connectivity index is 4.10. The van der Waals surface area contributed by atoms with E-state index < -0.39 is 17.9 Å². The van der Waals surface area contributed by atoms with Crippen LogP contribution >= 0.6 is 0 Å². The maximum absolute atomic E-state index is 12.7.